The summed E-state index contributed by atoms with van der Waals surface area (Å²) in [6.45, 7) is 2.09. The number of ether oxygens (including phenoxy) is 2. The van der Waals surface area contributed by atoms with Crippen molar-refractivity contribution in [1.29, 1.82) is 0 Å². The van der Waals surface area contributed by atoms with Crippen LogP contribution in [0.1, 0.15) is 5.56 Å². The molecule has 1 N–H and O–H groups in total. The molecule has 0 bridgehead atoms. The van der Waals surface area contributed by atoms with Gasteiger partial charge in [-0.1, -0.05) is 18.2 Å². The van der Waals surface area contributed by atoms with Gasteiger partial charge in [0, 0.05) is 19.2 Å². The minimum Gasteiger partial charge on any atom is -0.490 e. The molecule has 2 aromatic rings. The van der Waals surface area contributed by atoms with E-state index in [0.29, 0.717) is 49.3 Å². The maximum Gasteiger partial charge on any atom is 0.311 e. The topological polar surface area (TPSA) is 131 Å². The molecular formula is C23H22N4O7S. The molecule has 0 aromatic heterocycles. The Kier molecular flexibility index (Phi) is 7.32. The van der Waals surface area contributed by atoms with Crippen LogP contribution in [0.4, 0.5) is 21.9 Å². The van der Waals surface area contributed by atoms with Crippen molar-refractivity contribution in [1.82, 2.24) is 4.90 Å². The summed E-state index contributed by atoms with van der Waals surface area (Å²) in [5.41, 5.74) is 1.50. The van der Waals surface area contributed by atoms with Gasteiger partial charge in [0.1, 0.15) is 6.54 Å². The molecule has 2 aliphatic rings. The van der Waals surface area contributed by atoms with E-state index in [1.807, 2.05) is 12.1 Å². The third kappa shape index (κ3) is 5.44. The van der Waals surface area contributed by atoms with Crippen LogP contribution in [-0.2, 0) is 14.3 Å². The van der Waals surface area contributed by atoms with Crippen LogP contribution < -0.4 is 15.0 Å². The highest BCUT2D eigenvalue weighted by Gasteiger charge is 2.36. The minimum atomic E-state index is -0.643. The number of anilines is 2. The highest BCUT2D eigenvalue weighted by atomic mass is 32.2. The van der Waals surface area contributed by atoms with E-state index in [2.05, 4.69) is 10.2 Å². The zero-order chi connectivity index (χ0) is 24.9. The van der Waals surface area contributed by atoms with Crippen molar-refractivity contribution in [3.8, 4) is 5.75 Å². The zero-order valence-electron chi connectivity index (χ0n) is 18.8. The van der Waals surface area contributed by atoms with E-state index in [1.165, 1.54) is 31.4 Å². The van der Waals surface area contributed by atoms with Gasteiger partial charge in [-0.05, 0) is 41.6 Å². The molecule has 2 saturated heterocycles. The Morgan fingerprint density at radius 2 is 1.97 bits per heavy atom. The predicted octanol–water partition coefficient (Wildman–Crippen LogP) is 3.12. The molecule has 2 aromatic carbocycles. The zero-order valence-corrected chi connectivity index (χ0v) is 19.6. The molecule has 35 heavy (non-hydrogen) atoms. The molecule has 2 fully saturated rings. The first-order chi connectivity index (χ1) is 16.9. The van der Waals surface area contributed by atoms with Crippen molar-refractivity contribution < 1.29 is 28.8 Å². The van der Waals surface area contributed by atoms with Gasteiger partial charge >= 0.3 is 5.69 Å². The van der Waals surface area contributed by atoms with E-state index in [1.54, 1.807) is 12.1 Å². The maximum atomic E-state index is 12.8. The van der Waals surface area contributed by atoms with E-state index < -0.39 is 28.5 Å². The number of hydrogen-bond donors (Lipinski definition) is 1. The number of amides is 3. The van der Waals surface area contributed by atoms with Gasteiger partial charge in [-0.15, -0.1) is 0 Å². The van der Waals surface area contributed by atoms with Crippen molar-refractivity contribution in [3.05, 3.63) is 63.0 Å². The van der Waals surface area contributed by atoms with E-state index in [-0.39, 0.29) is 16.3 Å². The lowest BCUT2D eigenvalue weighted by Crippen LogP contribution is -2.38. The van der Waals surface area contributed by atoms with Gasteiger partial charge in [0.05, 0.1) is 41.5 Å². The number of nitrogens with one attached hydrogen (secondary N) is 1. The Hall–Kier alpha value is -3.90. The second kappa shape index (κ2) is 10.6. The second-order valence-electron chi connectivity index (χ2n) is 7.62. The van der Waals surface area contributed by atoms with Gasteiger partial charge in [-0.3, -0.25) is 29.4 Å². The number of thioether (sulfide) groups is 1. The summed E-state index contributed by atoms with van der Waals surface area (Å²) in [6.07, 6.45) is 1.38. The van der Waals surface area contributed by atoms with Crippen LogP contribution in [-0.4, -0.2) is 66.8 Å². The molecule has 12 heteroatoms. The highest BCUT2D eigenvalue weighted by molar-refractivity contribution is 8.18. The molecule has 0 saturated carbocycles. The molecular weight excluding hydrogens is 476 g/mol. The smallest absolute Gasteiger partial charge is 0.311 e. The van der Waals surface area contributed by atoms with Crippen LogP contribution in [0.2, 0.25) is 0 Å². The fraction of sp³-hybridized carbons (Fsp3) is 0.261. The molecule has 182 valence electrons. The summed E-state index contributed by atoms with van der Waals surface area (Å²) >= 11 is 0.670. The first-order valence-electron chi connectivity index (χ1n) is 10.7. The largest absolute Gasteiger partial charge is 0.490 e. The third-order valence-corrected chi connectivity index (χ3v) is 6.31. The van der Waals surface area contributed by atoms with Gasteiger partial charge in [0.2, 0.25) is 5.91 Å². The Bertz CT molecular complexity index is 1210. The average molecular weight is 499 g/mol. The van der Waals surface area contributed by atoms with Gasteiger partial charge in [-0.25, -0.2) is 0 Å². The molecule has 0 atom stereocenters. The fourth-order valence-corrected chi connectivity index (χ4v) is 4.56. The number of hydrogen-bond acceptors (Lipinski definition) is 9. The van der Waals surface area contributed by atoms with Crippen LogP contribution in [0.15, 0.2) is 47.4 Å². The normalized spacial score (nSPS) is 17.1. The van der Waals surface area contributed by atoms with Crippen molar-refractivity contribution >= 4 is 52.0 Å². The molecule has 0 spiro atoms. The Labute approximate surface area is 204 Å². The number of rotatable bonds is 7. The molecule has 3 amide bonds. The number of para-hydroxylation sites is 2. The standard InChI is InChI=1S/C23H22N4O7S/c1-33-19-7-6-15(12-18(19)27(31)32)13-20-22(29)26(23(30)35-20)14-21(28)24-16-4-2-3-5-17(16)25-8-10-34-11-9-25/h2-7,12-13H,8-11,14H2,1H3,(H,24,28)/b20-13+. The third-order valence-electron chi connectivity index (χ3n) is 5.40. The van der Waals surface area contributed by atoms with Gasteiger partial charge < -0.3 is 19.7 Å². The number of nitro groups is 1. The second-order valence-corrected chi connectivity index (χ2v) is 8.61. The molecule has 0 unspecified atom stereocenters. The van der Waals surface area contributed by atoms with Crippen molar-refractivity contribution in [3.63, 3.8) is 0 Å². The number of nitrogens with zero attached hydrogens (tertiary/aromatic N) is 3. The Morgan fingerprint density at radius 1 is 1.23 bits per heavy atom. The van der Waals surface area contributed by atoms with Crippen LogP contribution in [0, 0.1) is 10.1 Å². The lowest BCUT2D eigenvalue weighted by molar-refractivity contribution is -0.385. The van der Waals surface area contributed by atoms with Crippen molar-refractivity contribution in [2.75, 3.05) is 50.2 Å². The molecule has 11 nitrogen and oxygen atoms in total. The molecule has 4 rings (SSSR count). The summed E-state index contributed by atoms with van der Waals surface area (Å²) in [7, 11) is 1.32. The number of morpholine rings is 1. The van der Waals surface area contributed by atoms with Crippen molar-refractivity contribution in [2.24, 2.45) is 0 Å². The highest BCUT2D eigenvalue weighted by Crippen LogP contribution is 2.34. The van der Waals surface area contributed by atoms with Crippen LogP contribution >= 0.6 is 11.8 Å². The minimum absolute atomic E-state index is 0.0657. The van der Waals surface area contributed by atoms with Crippen molar-refractivity contribution in [2.45, 2.75) is 0 Å². The predicted molar refractivity (Wildman–Crippen MR) is 130 cm³/mol. The first kappa shape index (κ1) is 24.2. The summed E-state index contributed by atoms with van der Waals surface area (Å²) in [6, 6.07) is 11.5. The molecule has 2 heterocycles. The monoisotopic (exact) mass is 498 g/mol. The maximum absolute atomic E-state index is 12.8. The van der Waals surface area contributed by atoms with Crippen LogP contribution in [0.25, 0.3) is 6.08 Å². The lowest BCUT2D eigenvalue weighted by Gasteiger charge is -2.30. The van der Waals surface area contributed by atoms with Crippen LogP contribution in [0.3, 0.4) is 0 Å². The fourth-order valence-electron chi connectivity index (χ4n) is 3.72. The number of imide groups is 1. The lowest BCUT2D eigenvalue weighted by atomic mass is 10.1. The van der Waals surface area contributed by atoms with Crippen LogP contribution in [0.5, 0.6) is 5.75 Å². The van der Waals surface area contributed by atoms with E-state index in [4.69, 9.17) is 9.47 Å². The average Bonchev–Trinajstić information content (AvgIpc) is 3.12. The molecule has 2 aliphatic heterocycles. The van der Waals surface area contributed by atoms with Gasteiger partial charge in [0.15, 0.2) is 5.75 Å². The van der Waals surface area contributed by atoms with E-state index in [9.17, 15) is 24.5 Å². The SMILES string of the molecule is COc1ccc(/C=C2/SC(=O)N(CC(=O)Nc3ccccc3N3CCOCC3)C2=O)cc1[N+](=O)[O-]. The van der Waals surface area contributed by atoms with E-state index in [0.717, 1.165) is 10.6 Å². The van der Waals surface area contributed by atoms with Gasteiger partial charge in [0.25, 0.3) is 11.1 Å². The quantitative estimate of drug-likeness (QED) is 0.347. The number of benzene rings is 2. The Morgan fingerprint density at radius 3 is 2.69 bits per heavy atom. The molecule has 0 aliphatic carbocycles. The first-order valence-corrected chi connectivity index (χ1v) is 11.5. The number of carbonyl (C=O) groups is 3. The van der Waals surface area contributed by atoms with Gasteiger partial charge in [-0.2, -0.15) is 0 Å². The number of methoxy groups -OCH3 is 1. The summed E-state index contributed by atoms with van der Waals surface area (Å²) in [4.78, 5) is 51.7. The Balaban J connectivity index is 1.47. The molecule has 0 radical (unpaired) electrons. The number of nitro benzene ring substituents is 1. The van der Waals surface area contributed by atoms with E-state index >= 15 is 0 Å². The summed E-state index contributed by atoms with van der Waals surface area (Å²) in [5.74, 6) is -1.08. The number of carbonyl (C=O) groups excluding carboxylic acids is 3. The summed E-state index contributed by atoms with van der Waals surface area (Å²) < 4.78 is 10.4. The summed E-state index contributed by atoms with van der Waals surface area (Å²) in [5, 5.41) is 13.4.